The predicted molar refractivity (Wildman–Crippen MR) is 159 cm³/mol. The van der Waals surface area contributed by atoms with E-state index in [1.54, 1.807) is 12.1 Å². The van der Waals surface area contributed by atoms with Crippen molar-refractivity contribution in [3.8, 4) is 16.9 Å². The number of ketones is 1. The first-order valence-electron chi connectivity index (χ1n) is 14.2. The van der Waals surface area contributed by atoms with Gasteiger partial charge in [-0.2, -0.15) is 0 Å². The standard InChI is InChI=1S/C33H35N3O6/c1-2-25-27(21-24-11-6-7-12-26(24)23-9-4-3-5-10-23)36-14-8-13-28(31(36)30(25)32(38)33(34)39)42-22-29(37)41-20-17-35-15-18-40-19-16-35/h3-14H,2,15-22H2,1H3,(H2,34,39). The molecule has 1 aliphatic heterocycles. The summed E-state index contributed by atoms with van der Waals surface area (Å²) in [6, 6.07) is 21.7. The molecule has 9 nitrogen and oxygen atoms in total. The summed E-state index contributed by atoms with van der Waals surface area (Å²) in [5, 5.41) is 0. The number of fused-ring (bicyclic) bond motifs is 1. The molecule has 4 aromatic rings. The fourth-order valence-corrected chi connectivity index (χ4v) is 5.49. The lowest BCUT2D eigenvalue weighted by Gasteiger charge is -2.26. The predicted octanol–water partition coefficient (Wildman–Crippen LogP) is 3.68. The van der Waals surface area contributed by atoms with E-state index < -0.39 is 17.7 Å². The van der Waals surface area contributed by atoms with Gasteiger partial charge in [0.25, 0.3) is 11.7 Å². The highest BCUT2D eigenvalue weighted by Gasteiger charge is 2.28. The number of rotatable bonds is 12. The quantitative estimate of drug-likeness (QED) is 0.157. The third-order valence-electron chi connectivity index (χ3n) is 7.52. The number of ether oxygens (including phenoxy) is 3. The zero-order chi connectivity index (χ0) is 29.5. The smallest absolute Gasteiger partial charge is 0.344 e. The molecule has 0 atom stereocenters. The van der Waals surface area contributed by atoms with Gasteiger partial charge in [-0.1, -0.05) is 61.5 Å². The number of hydrogen-bond acceptors (Lipinski definition) is 7. The molecule has 0 saturated carbocycles. The fraction of sp³-hybridized carbons (Fsp3) is 0.303. The third-order valence-corrected chi connectivity index (χ3v) is 7.52. The number of nitrogens with two attached hydrogens (primary N) is 1. The molecule has 3 heterocycles. The first kappa shape index (κ1) is 29.0. The summed E-state index contributed by atoms with van der Waals surface area (Å²) in [7, 11) is 0. The van der Waals surface area contributed by atoms with Gasteiger partial charge in [0, 0.05) is 37.9 Å². The molecule has 0 spiro atoms. The van der Waals surface area contributed by atoms with Gasteiger partial charge in [0.15, 0.2) is 6.61 Å². The van der Waals surface area contributed by atoms with E-state index in [0.717, 1.165) is 35.5 Å². The molecule has 5 rings (SSSR count). The monoisotopic (exact) mass is 569 g/mol. The molecule has 1 saturated heterocycles. The third kappa shape index (κ3) is 6.37. The number of esters is 1. The number of nitrogens with zero attached hydrogens (tertiary/aromatic N) is 2. The van der Waals surface area contributed by atoms with Crippen molar-refractivity contribution >= 4 is 23.2 Å². The maximum absolute atomic E-state index is 13.2. The summed E-state index contributed by atoms with van der Waals surface area (Å²) >= 11 is 0. The highest BCUT2D eigenvalue weighted by Crippen LogP contribution is 2.35. The van der Waals surface area contributed by atoms with Crippen LogP contribution in [0.15, 0.2) is 72.9 Å². The van der Waals surface area contributed by atoms with Gasteiger partial charge in [-0.25, -0.2) is 4.79 Å². The van der Waals surface area contributed by atoms with Gasteiger partial charge in [0.05, 0.1) is 24.3 Å². The van der Waals surface area contributed by atoms with Gasteiger partial charge < -0.3 is 24.3 Å². The Labute approximate surface area is 244 Å². The Morgan fingerprint density at radius 3 is 2.43 bits per heavy atom. The number of benzene rings is 2. The number of aromatic nitrogens is 1. The van der Waals surface area contributed by atoms with E-state index >= 15 is 0 Å². The second-order valence-corrected chi connectivity index (χ2v) is 10.1. The lowest BCUT2D eigenvalue weighted by Crippen LogP contribution is -2.38. The Kier molecular flexibility index (Phi) is 9.31. The summed E-state index contributed by atoms with van der Waals surface area (Å²) in [5.41, 5.74) is 10.9. The number of hydrogen-bond donors (Lipinski definition) is 1. The van der Waals surface area contributed by atoms with Crippen molar-refractivity contribution in [2.75, 3.05) is 46.1 Å². The van der Waals surface area contributed by atoms with Crippen molar-refractivity contribution in [2.24, 2.45) is 5.73 Å². The van der Waals surface area contributed by atoms with Crippen molar-refractivity contribution in [1.82, 2.24) is 9.30 Å². The minimum Gasteiger partial charge on any atom is -0.480 e. The molecule has 0 radical (unpaired) electrons. The maximum atomic E-state index is 13.2. The van der Waals surface area contributed by atoms with Crippen LogP contribution in [0.4, 0.5) is 0 Å². The zero-order valence-electron chi connectivity index (χ0n) is 23.7. The summed E-state index contributed by atoms with van der Waals surface area (Å²) < 4.78 is 18.5. The minimum absolute atomic E-state index is 0.202. The number of Topliss-reactive ketones (excluding diaryl/α,β-unsaturated/α-hetero) is 1. The first-order valence-corrected chi connectivity index (χ1v) is 14.2. The lowest BCUT2D eigenvalue weighted by atomic mass is 9.94. The molecule has 9 heteroatoms. The Hall–Kier alpha value is -4.47. The van der Waals surface area contributed by atoms with Crippen LogP contribution in [0.1, 0.15) is 34.1 Å². The maximum Gasteiger partial charge on any atom is 0.344 e. The van der Waals surface area contributed by atoms with Crippen molar-refractivity contribution in [3.63, 3.8) is 0 Å². The molecule has 218 valence electrons. The number of primary amides is 1. The zero-order valence-corrected chi connectivity index (χ0v) is 23.7. The average Bonchev–Trinajstić information content (AvgIpc) is 3.34. The molecule has 0 bridgehead atoms. The Bertz CT molecular complexity index is 1570. The lowest BCUT2D eigenvalue weighted by molar-refractivity contribution is -0.146. The molecule has 2 aromatic heterocycles. The van der Waals surface area contributed by atoms with E-state index in [0.29, 0.717) is 49.4 Å². The van der Waals surface area contributed by atoms with Crippen LogP contribution >= 0.6 is 0 Å². The van der Waals surface area contributed by atoms with E-state index in [1.807, 2.05) is 47.9 Å². The summed E-state index contributed by atoms with van der Waals surface area (Å²) in [6.45, 7) is 5.41. The number of carbonyl (C=O) groups is 3. The van der Waals surface area contributed by atoms with E-state index in [2.05, 4.69) is 29.2 Å². The van der Waals surface area contributed by atoms with Crippen molar-refractivity contribution in [3.05, 3.63) is 95.3 Å². The van der Waals surface area contributed by atoms with Crippen LogP contribution in [-0.2, 0) is 31.9 Å². The Morgan fingerprint density at radius 2 is 1.69 bits per heavy atom. The number of amides is 1. The van der Waals surface area contributed by atoms with Gasteiger partial charge in [-0.15, -0.1) is 0 Å². The van der Waals surface area contributed by atoms with Gasteiger partial charge in [0.2, 0.25) is 0 Å². The number of morpholine rings is 1. The molecule has 42 heavy (non-hydrogen) atoms. The van der Waals surface area contributed by atoms with E-state index in [9.17, 15) is 14.4 Å². The van der Waals surface area contributed by atoms with Crippen LogP contribution in [0, 0.1) is 0 Å². The topological polar surface area (TPSA) is 113 Å². The Morgan fingerprint density at radius 1 is 0.952 bits per heavy atom. The second-order valence-electron chi connectivity index (χ2n) is 10.1. The number of pyridine rings is 1. The van der Waals surface area contributed by atoms with Gasteiger partial charge >= 0.3 is 5.97 Å². The van der Waals surface area contributed by atoms with Gasteiger partial charge in [-0.3, -0.25) is 14.5 Å². The highest BCUT2D eigenvalue weighted by atomic mass is 16.6. The number of carbonyl (C=O) groups excluding carboxylic acids is 3. The van der Waals surface area contributed by atoms with E-state index in [1.165, 1.54) is 0 Å². The molecule has 1 fully saturated rings. The molecule has 2 N–H and O–H groups in total. The van der Waals surface area contributed by atoms with E-state index in [-0.39, 0.29) is 18.8 Å². The van der Waals surface area contributed by atoms with Crippen LogP contribution in [-0.4, -0.2) is 73.0 Å². The van der Waals surface area contributed by atoms with Gasteiger partial charge in [-0.05, 0) is 40.8 Å². The SMILES string of the molecule is CCc1c(C(=O)C(N)=O)c2c(OCC(=O)OCCN3CCOCC3)cccn2c1Cc1ccccc1-c1ccccc1. The van der Waals surface area contributed by atoms with Crippen molar-refractivity contribution < 1.29 is 28.6 Å². The largest absolute Gasteiger partial charge is 0.480 e. The molecule has 2 aromatic carbocycles. The highest BCUT2D eigenvalue weighted by molar-refractivity contribution is 6.44. The second kappa shape index (κ2) is 13.5. The molecule has 0 aliphatic carbocycles. The first-order chi connectivity index (χ1) is 20.5. The molecule has 0 unspecified atom stereocenters. The van der Waals surface area contributed by atoms with Crippen LogP contribution in [0.3, 0.4) is 0 Å². The summed E-state index contributed by atoms with van der Waals surface area (Å²) in [4.78, 5) is 40.1. The van der Waals surface area contributed by atoms with Crippen molar-refractivity contribution in [1.29, 1.82) is 0 Å². The summed E-state index contributed by atoms with van der Waals surface area (Å²) in [6.07, 6.45) is 2.82. The summed E-state index contributed by atoms with van der Waals surface area (Å²) in [5.74, 6) is -2.07. The van der Waals surface area contributed by atoms with Crippen LogP contribution in [0.25, 0.3) is 16.6 Å². The molecular formula is C33H35N3O6. The van der Waals surface area contributed by atoms with Crippen molar-refractivity contribution in [2.45, 2.75) is 19.8 Å². The average molecular weight is 570 g/mol. The fourth-order valence-electron chi connectivity index (χ4n) is 5.49. The van der Waals surface area contributed by atoms with Crippen LogP contribution in [0.5, 0.6) is 5.75 Å². The molecular weight excluding hydrogens is 534 g/mol. The minimum atomic E-state index is -1.05. The molecule has 1 aliphatic rings. The van der Waals surface area contributed by atoms with Crippen LogP contribution < -0.4 is 10.5 Å². The van der Waals surface area contributed by atoms with Gasteiger partial charge in [0.1, 0.15) is 12.4 Å². The molecule has 1 amide bonds. The van der Waals surface area contributed by atoms with E-state index in [4.69, 9.17) is 19.9 Å². The Balaban J connectivity index is 1.45. The van der Waals surface area contributed by atoms with Crippen LogP contribution in [0.2, 0.25) is 0 Å². The normalized spacial score (nSPS) is 13.6.